The molecule has 0 aliphatic carbocycles. The predicted octanol–water partition coefficient (Wildman–Crippen LogP) is -2.85. The van der Waals surface area contributed by atoms with Gasteiger partial charge in [0.2, 0.25) is 0 Å². The van der Waals surface area contributed by atoms with Gasteiger partial charge in [0.25, 0.3) is 0 Å². The fraction of sp³-hybridized carbons (Fsp3) is 0.250. The zero-order valence-corrected chi connectivity index (χ0v) is 7.57. The second kappa shape index (κ2) is 9.03. The molecule has 0 bridgehead atoms. The monoisotopic (exact) mass is 174 g/mol. The summed E-state index contributed by atoms with van der Waals surface area (Å²) >= 11 is 5.00. The zero-order chi connectivity index (χ0) is 5.86. The summed E-state index contributed by atoms with van der Waals surface area (Å²) < 4.78 is 0. The smallest absolute Gasteiger partial charge is 1.00 e. The molecule has 0 aliphatic heterocycles. The van der Waals surface area contributed by atoms with Crippen molar-refractivity contribution in [3.8, 4) is 0 Å². The Morgan fingerprint density at radius 3 is 2.11 bits per heavy atom. The average molecular weight is 175 g/mol. The number of aliphatic carboxylic acids is 1. The molecule has 0 aliphatic rings. The van der Waals surface area contributed by atoms with E-state index in [1.54, 1.807) is 0 Å². The van der Waals surface area contributed by atoms with E-state index < -0.39 is 5.97 Å². The molecular weight excluding hydrogens is 165 g/mol. The average Bonchev–Trinajstić information content (AvgIpc) is 1.65. The van der Waals surface area contributed by atoms with E-state index in [-0.39, 0.29) is 53.9 Å². The molecule has 0 rings (SSSR count). The fourth-order valence-electron chi connectivity index (χ4n) is 0.0467. The number of carboxylic acids is 1. The maximum absolute atomic E-state index is 9.78. The molecule has 0 saturated carbocycles. The summed E-state index contributed by atoms with van der Waals surface area (Å²) in [6, 6.07) is 0. The normalized spacial score (nSPS) is 8.89. The van der Waals surface area contributed by atoms with Crippen molar-refractivity contribution in [2.45, 2.75) is 6.92 Å². The quantitative estimate of drug-likeness (QED) is 0.343. The molecule has 0 saturated heterocycles. The molecule has 2 nitrogen and oxygen atoms in total. The molecule has 5 heteroatoms. The minimum atomic E-state index is -0.977. The van der Waals surface area contributed by atoms with E-state index in [4.69, 9.17) is 16.7 Å². The second-order valence-electron chi connectivity index (χ2n) is 1.10. The van der Waals surface area contributed by atoms with Gasteiger partial charge in [0.1, 0.15) is 0 Å². The predicted molar refractivity (Wildman–Crippen MR) is 38.3 cm³/mol. The van der Waals surface area contributed by atoms with Gasteiger partial charge in [-0.05, 0) is 6.92 Å². The van der Waals surface area contributed by atoms with Crippen LogP contribution in [0.15, 0.2) is 11.1 Å². The van der Waals surface area contributed by atoms with E-state index in [0.29, 0.717) is 0 Å². The molecule has 0 aromatic rings. The summed E-state index contributed by atoms with van der Waals surface area (Å²) in [5.74, 6) is -0.977. The minimum absolute atomic E-state index is 0. The third kappa shape index (κ3) is 9.03. The number of hydrogen-bond acceptors (Lipinski definition) is 1. The summed E-state index contributed by atoms with van der Waals surface area (Å²) in [7, 11) is 0. The Kier molecular flexibility index (Phi) is 16.6. The Morgan fingerprint density at radius 2 is 2.11 bits per heavy atom. The Bertz CT molecular complexity index is 120. The summed E-state index contributed by atoms with van der Waals surface area (Å²) in [5, 5.41) is 8.03. The third-order valence-corrected chi connectivity index (χ3v) is 0.828. The van der Waals surface area contributed by atoms with Crippen molar-refractivity contribution in [1.82, 2.24) is 0 Å². The minimum Gasteiger partial charge on any atom is -1.00 e. The summed E-state index contributed by atoms with van der Waals surface area (Å²) in [4.78, 5) is 9.78. The van der Waals surface area contributed by atoms with Crippen molar-refractivity contribution in [2.24, 2.45) is 0 Å². The van der Waals surface area contributed by atoms with Crippen LogP contribution >= 0.6 is 11.6 Å². The Hall–Kier alpha value is 1.03. The number of halogens is 1. The van der Waals surface area contributed by atoms with Crippen LogP contribution in [0.5, 0.6) is 0 Å². The number of carboxylic acid groups (broad SMARTS) is 1. The van der Waals surface area contributed by atoms with Crippen LogP contribution in [0.3, 0.4) is 0 Å². The maximum Gasteiger partial charge on any atom is 1.00 e. The van der Waals surface area contributed by atoms with Gasteiger partial charge in [0.15, 0.2) is 17.4 Å². The summed E-state index contributed by atoms with van der Waals surface area (Å²) in [6.07, 6.45) is 0. The van der Waals surface area contributed by atoms with Crippen LogP contribution in [-0.4, -0.2) is 28.4 Å². The van der Waals surface area contributed by atoms with Crippen LogP contribution in [0, 0.1) is 0 Å². The summed E-state index contributed by atoms with van der Waals surface area (Å²) in [6.45, 7) is 1.43. The number of carbonyl (C=O) groups is 1. The molecule has 0 atom stereocenters. The van der Waals surface area contributed by atoms with Gasteiger partial charge >= 0.3 is 35.5 Å². The molecule has 48 valence electrons. The van der Waals surface area contributed by atoms with Crippen LogP contribution in [0.25, 0.3) is 0 Å². The fourth-order valence-corrected chi connectivity index (χ4v) is 0.140. The van der Waals surface area contributed by atoms with Gasteiger partial charge < -0.3 is 6.53 Å². The van der Waals surface area contributed by atoms with Crippen molar-refractivity contribution in [2.75, 3.05) is 0 Å². The van der Waals surface area contributed by atoms with Gasteiger partial charge in [0.05, 0.1) is 0 Å². The van der Waals surface area contributed by atoms with Crippen molar-refractivity contribution < 1.29 is 40.9 Å². The maximum atomic E-state index is 9.78. The van der Waals surface area contributed by atoms with Gasteiger partial charge in [-0.3, -0.25) is 0 Å². The molecule has 0 heterocycles. The Labute approximate surface area is 93.2 Å². The van der Waals surface area contributed by atoms with Crippen molar-refractivity contribution in [3.05, 3.63) is 11.1 Å². The Balaban J connectivity index is -0.0000000600. The van der Waals surface area contributed by atoms with Crippen LogP contribution in [0.4, 0.5) is 0 Å². The summed E-state index contributed by atoms with van der Waals surface area (Å²) in [5.41, 5.74) is 1.18. The van der Waals surface area contributed by atoms with Crippen LogP contribution in [0.1, 0.15) is 8.35 Å². The second-order valence-corrected chi connectivity index (χ2v) is 1.32. The molecule has 0 radical (unpaired) electrons. The topological polar surface area (TPSA) is 37.3 Å². The third-order valence-electron chi connectivity index (χ3n) is 0.501. The number of rotatable bonds is 1. The van der Waals surface area contributed by atoms with Crippen molar-refractivity contribution in [1.29, 1.82) is 0 Å². The molecule has 0 aromatic carbocycles. The van der Waals surface area contributed by atoms with Gasteiger partial charge in [-0.25, -0.2) is 4.79 Å². The van der Waals surface area contributed by atoms with Crippen LogP contribution in [0.2, 0.25) is 0 Å². The first-order valence-corrected chi connectivity index (χ1v) is 2.12. The van der Waals surface area contributed by atoms with Crippen LogP contribution < -0.4 is 29.6 Å². The van der Waals surface area contributed by atoms with Gasteiger partial charge in [-0.2, -0.15) is 0 Å². The molecular formula is C4H9AlClNaO2. The SMILES string of the molecule is CC(=CCl)C(=O)O.[AlH3].[H-].[Na+]. The van der Waals surface area contributed by atoms with Gasteiger partial charge in [-0.15, -0.1) is 0 Å². The molecule has 0 unspecified atom stereocenters. The van der Waals surface area contributed by atoms with E-state index in [0.717, 1.165) is 5.54 Å². The standard InChI is InChI=1S/C4H5ClO2.Al.Na.4H/c1-3(2-5)4(6)7;;;;;;/h2H,1H3,(H,6,7);;;;;;/q;;+1;;;;-1. The van der Waals surface area contributed by atoms with Gasteiger partial charge in [0, 0.05) is 11.1 Å². The molecule has 0 fully saturated rings. The first-order chi connectivity index (χ1) is 3.18. The number of hydrogen-bond donors (Lipinski definition) is 1. The van der Waals surface area contributed by atoms with Crippen molar-refractivity contribution >= 4 is 34.9 Å². The molecule has 9 heavy (non-hydrogen) atoms. The van der Waals surface area contributed by atoms with Gasteiger partial charge in [-0.1, -0.05) is 11.6 Å². The first-order valence-electron chi connectivity index (χ1n) is 1.68. The first kappa shape index (κ1) is 16.6. The largest absolute Gasteiger partial charge is 1.00 e. The molecule has 1 N–H and O–H groups in total. The van der Waals surface area contributed by atoms with E-state index in [9.17, 15) is 4.79 Å². The van der Waals surface area contributed by atoms with E-state index in [1.165, 1.54) is 6.92 Å². The van der Waals surface area contributed by atoms with Crippen molar-refractivity contribution in [3.63, 3.8) is 0 Å². The van der Waals surface area contributed by atoms with E-state index in [1.807, 2.05) is 0 Å². The molecule has 0 spiro atoms. The van der Waals surface area contributed by atoms with E-state index >= 15 is 0 Å². The molecule has 0 aromatic heterocycles. The Morgan fingerprint density at radius 1 is 1.78 bits per heavy atom. The zero-order valence-electron chi connectivity index (χ0n) is 5.81. The molecule has 0 amide bonds. The van der Waals surface area contributed by atoms with E-state index in [2.05, 4.69) is 0 Å². The van der Waals surface area contributed by atoms with Crippen LogP contribution in [-0.2, 0) is 4.79 Å².